The van der Waals surface area contributed by atoms with Crippen LogP contribution >= 0.6 is 7.60 Å². The molecule has 0 aromatic rings. The van der Waals surface area contributed by atoms with Crippen LogP contribution in [-0.4, -0.2) is 33.6 Å². The van der Waals surface area contributed by atoms with Crippen molar-refractivity contribution in [1.29, 1.82) is 0 Å². The second-order valence-corrected chi connectivity index (χ2v) is 5.56. The van der Waals surface area contributed by atoms with E-state index in [1.807, 2.05) is 4.90 Å². The first-order chi connectivity index (χ1) is 5.57. The quantitative estimate of drug-likeness (QED) is 0.596. The Kier molecular flexibility index (Phi) is 2.04. The van der Waals surface area contributed by atoms with Crippen molar-refractivity contribution in [2.24, 2.45) is 5.92 Å². The molecule has 1 unspecified atom stereocenters. The Morgan fingerprint density at radius 3 is 2.08 bits per heavy atom. The van der Waals surface area contributed by atoms with Crippen molar-refractivity contribution < 1.29 is 14.4 Å². The van der Waals surface area contributed by atoms with Crippen LogP contribution in [-0.2, 0) is 4.57 Å². The molecule has 0 aromatic heterocycles. The van der Waals surface area contributed by atoms with Gasteiger partial charge in [-0.05, 0) is 38.3 Å². The number of nitrogens with zero attached hydrogens (tertiary/aromatic N) is 1. The van der Waals surface area contributed by atoms with E-state index in [1.54, 1.807) is 0 Å². The van der Waals surface area contributed by atoms with Gasteiger partial charge in [-0.3, -0.25) is 9.46 Å². The highest BCUT2D eigenvalue weighted by Crippen LogP contribution is 2.50. The highest BCUT2D eigenvalue weighted by Gasteiger charge is 2.42. The Labute approximate surface area is 71.7 Å². The number of piperidine rings is 3. The van der Waals surface area contributed by atoms with E-state index in [9.17, 15) is 4.57 Å². The fraction of sp³-hybridized carbons (Fsp3) is 1.00. The van der Waals surface area contributed by atoms with Crippen LogP contribution in [0.3, 0.4) is 0 Å². The molecule has 12 heavy (non-hydrogen) atoms. The van der Waals surface area contributed by atoms with Gasteiger partial charge in [0.15, 0.2) is 0 Å². The van der Waals surface area contributed by atoms with E-state index in [0.717, 1.165) is 25.9 Å². The zero-order valence-electron chi connectivity index (χ0n) is 6.89. The normalized spacial score (nSPS) is 41.7. The van der Waals surface area contributed by atoms with Crippen LogP contribution in [0.15, 0.2) is 0 Å². The van der Waals surface area contributed by atoms with Crippen LogP contribution in [0.2, 0.25) is 0 Å². The molecular formula is C7H14NO3P. The van der Waals surface area contributed by atoms with Gasteiger partial charge in [-0.2, -0.15) is 0 Å². The summed E-state index contributed by atoms with van der Waals surface area (Å²) < 4.78 is 11.0. The Morgan fingerprint density at radius 1 is 1.25 bits per heavy atom. The number of hydrogen-bond acceptors (Lipinski definition) is 2. The van der Waals surface area contributed by atoms with E-state index in [4.69, 9.17) is 9.79 Å². The molecule has 3 saturated heterocycles. The third-order valence-corrected chi connectivity index (χ3v) is 4.32. The van der Waals surface area contributed by atoms with Crippen molar-refractivity contribution >= 4 is 7.60 Å². The molecule has 3 heterocycles. The summed E-state index contributed by atoms with van der Waals surface area (Å²) in [5, 5.41) is 0. The van der Waals surface area contributed by atoms with Gasteiger partial charge in [-0.25, -0.2) is 0 Å². The Morgan fingerprint density at radius 2 is 1.83 bits per heavy atom. The number of hydrogen-bond donors (Lipinski definition) is 2. The maximum absolute atomic E-state index is 11.0. The molecule has 0 saturated carbocycles. The lowest BCUT2D eigenvalue weighted by Gasteiger charge is -2.45. The molecule has 0 spiro atoms. The fourth-order valence-corrected chi connectivity index (χ4v) is 3.51. The predicted molar refractivity (Wildman–Crippen MR) is 44.7 cm³/mol. The zero-order chi connectivity index (χ0) is 8.77. The maximum Gasteiger partial charge on any atom is 0.342 e. The smallest absolute Gasteiger partial charge is 0.323 e. The first-order valence-corrected chi connectivity index (χ1v) is 6.05. The molecule has 3 aliphatic heterocycles. The van der Waals surface area contributed by atoms with Gasteiger partial charge in [-0.1, -0.05) is 0 Å². The summed E-state index contributed by atoms with van der Waals surface area (Å²) in [5.74, 6) is 0.0950. The molecule has 0 amide bonds. The first kappa shape index (κ1) is 8.70. The minimum Gasteiger partial charge on any atom is -0.323 e. The number of rotatable bonds is 1. The summed E-state index contributed by atoms with van der Waals surface area (Å²) in [7, 11) is -3.86. The van der Waals surface area contributed by atoms with Gasteiger partial charge >= 0.3 is 7.60 Å². The molecule has 4 nitrogen and oxygen atoms in total. The number of fused-ring (bicyclic) bond motifs is 3. The molecule has 3 aliphatic rings. The van der Waals surface area contributed by atoms with E-state index >= 15 is 0 Å². The topological polar surface area (TPSA) is 60.8 Å². The van der Waals surface area contributed by atoms with Gasteiger partial charge in [0.1, 0.15) is 5.78 Å². The molecule has 2 N–H and O–H groups in total. The van der Waals surface area contributed by atoms with E-state index < -0.39 is 13.4 Å². The molecule has 0 aliphatic carbocycles. The Hall–Kier alpha value is 0.110. The SMILES string of the molecule is O=P(O)(O)C1CC2CCN1CC2. The monoisotopic (exact) mass is 191 g/mol. The maximum atomic E-state index is 11.0. The van der Waals surface area contributed by atoms with Gasteiger partial charge in [0.25, 0.3) is 0 Å². The van der Waals surface area contributed by atoms with Crippen LogP contribution < -0.4 is 0 Å². The molecule has 1 atom stereocenters. The lowest BCUT2D eigenvalue weighted by atomic mass is 9.88. The molecule has 2 bridgehead atoms. The van der Waals surface area contributed by atoms with Crippen molar-refractivity contribution in [1.82, 2.24) is 4.90 Å². The molecule has 70 valence electrons. The van der Waals surface area contributed by atoms with E-state index in [1.165, 1.54) is 0 Å². The Balaban J connectivity index is 2.14. The predicted octanol–water partition coefficient (Wildman–Crippen LogP) is 0.606. The minimum absolute atomic E-state index is 0.468. The highest BCUT2D eigenvalue weighted by molar-refractivity contribution is 7.52. The average Bonchev–Trinajstić information content (AvgIpc) is 2.05. The van der Waals surface area contributed by atoms with Gasteiger partial charge < -0.3 is 9.79 Å². The largest absolute Gasteiger partial charge is 0.342 e. The molecule has 5 heteroatoms. The van der Waals surface area contributed by atoms with Gasteiger partial charge in [-0.15, -0.1) is 0 Å². The van der Waals surface area contributed by atoms with Gasteiger partial charge in [0.2, 0.25) is 0 Å². The zero-order valence-corrected chi connectivity index (χ0v) is 7.78. The van der Waals surface area contributed by atoms with Crippen molar-refractivity contribution in [3.8, 4) is 0 Å². The lowest BCUT2D eigenvalue weighted by molar-refractivity contribution is 0.0746. The van der Waals surface area contributed by atoms with Crippen molar-refractivity contribution in [2.45, 2.75) is 25.0 Å². The minimum atomic E-state index is -3.86. The third kappa shape index (κ3) is 1.44. The third-order valence-electron chi connectivity index (χ3n) is 3.00. The summed E-state index contributed by atoms with van der Waals surface area (Å²) in [6.07, 6.45) is 2.94. The molecule has 3 fully saturated rings. The van der Waals surface area contributed by atoms with Crippen LogP contribution in [0.4, 0.5) is 0 Å². The van der Waals surface area contributed by atoms with Crippen molar-refractivity contribution in [3.05, 3.63) is 0 Å². The fourth-order valence-electron chi connectivity index (χ4n) is 2.28. The second-order valence-electron chi connectivity index (χ2n) is 3.78. The summed E-state index contributed by atoms with van der Waals surface area (Å²) in [6, 6.07) is 0. The second kappa shape index (κ2) is 2.81. The Bertz CT molecular complexity index is 219. The average molecular weight is 191 g/mol. The lowest BCUT2D eigenvalue weighted by Crippen LogP contribution is -2.48. The summed E-state index contributed by atoms with van der Waals surface area (Å²) in [6.45, 7) is 1.75. The van der Waals surface area contributed by atoms with Gasteiger partial charge in [0.05, 0.1) is 0 Å². The molecule has 0 radical (unpaired) electrons. The summed E-state index contributed by atoms with van der Waals surface area (Å²) in [4.78, 5) is 20.0. The highest BCUT2D eigenvalue weighted by atomic mass is 31.2. The van der Waals surface area contributed by atoms with Gasteiger partial charge in [0, 0.05) is 0 Å². The van der Waals surface area contributed by atoms with Crippen LogP contribution in [0.5, 0.6) is 0 Å². The van der Waals surface area contributed by atoms with E-state index in [-0.39, 0.29) is 0 Å². The van der Waals surface area contributed by atoms with E-state index in [2.05, 4.69) is 0 Å². The van der Waals surface area contributed by atoms with Crippen molar-refractivity contribution in [2.75, 3.05) is 13.1 Å². The van der Waals surface area contributed by atoms with Crippen LogP contribution in [0.1, 0.15) is 19.3 Å². The summed E-state index contributed by atoms with van der Waals surface area (Å²) >= 11 is 0. The van der Waals surface area contributed by atoms with Crippen molar-refractivity contribution in [3.63, 3.8) is 0 Å². The van der Waals surface area contributed by atoms with Crippen LogP contribution in [0, 0.1) is 5.92 Å². The first-order valence-electron chi connectivity index (χ1n) is 4.36. The molecule has 3 rings (SSSR count). The standard InChI is InChI=1S/C7H14NO3P/c9-12(10,11)7-5-6-1-3-8(7)4-2-6/h6-7H,1-5H2,(H2,9,10,11). The van der Waals surface area contributed by atoms with Crippen LogP contribution in [0.25, 0.3) is 0 Å². The van der Waals surface area contributed by atoms with E-state index in [0.29, 0.717) is 12.3 Å². The molecule has 0 aromatic carbocycles. The molecular weight excluding hydrogens is 177 g/mol. The summed E-state index contributed by atoms with van der Waals surface area (Å²) in [5.41, 5.74) is 0.